The number of ether oxygens (including phenoxy) is 3. The lowest BCUT2D eigenvalue weighted by Crippen LogP contribution is -2.22. The summed E-state index contributed by atoms with van der Waals surface area (Å²) in [5.74, 6) is 1.70. The molecule has 0 spiro atoms. The van der Waals surface area contributed by atoms with Crippen molar-refractivity contribution in [3.8, 4) is 57.0 Å². The van der Waals surface area contributed by atoms with Crippen molar-refractivity contribution in [2.24, 2.45) is 0 Å². The summed E-state index contributed by atoms with van der Waals surface area (Å²) in [6, 6.07) is 25.4. The molecule has 0 saturated heterocycles. The Labute approximate surface area is 264 Å². The van der Waals surface area contributed by atoms with Gasteiger partial charge in [0, 0.05) is 22.1 Å². The molecule has 0 bridgehead atoms. The highest BCUT2D eigenvalue weighted by Crippen LogP contribution is 2.37. The number of aromatic nitrogens is 2. The van der Waals surface area contributed by atoms with Crippen LogP contribution in [0.1, 0.15) is 18.1 Å². The van der Waals surface area contributed by atoms with Crippen LogP contribution >= 0.6 is 23.1 Å². The van der Waals surface area contributed by atoms with Gasteiger partial charge in [-0.3, -0.25) is 4.79 Å². The van der Waals surface area contributed by atoms with E-state index in [0.717, 1.165) is 33.6 Å². The summed E-state index contributed by atoms with van der Waals surface area (Å²) in [4.78, 5) is 22.8. The van der Waals surface area contributed by atoms with E-state index in [9.17, 15) is 10.1 Å². The molecule has 1 amide bonds. The Morgan fingerprint density at radius 3 is 2.20 bits per heavy atom. The van der Waals surface area contributed by atoms with Gasteiger partial charge in [0.15, 0.2) is 16.6 Å². The zero-order valence-electron chi connectivity index (χ0n) is 24.9. The predicted octanol–water partition coefficient (Wildman–Crippen LogP) is 7.86. The molecule has 0 aliphatic carbocycles. The maximum Gasteiger partial charge on any atom is 0.239 e. The van der Waals surface area contributed by atoms with Crippen molar-refractivity contribution in [2.45, 2.75) is 24.1 Å². The molecule has 2 heterocycles. The standard InChI is InChI=1S/C34H30N4O4S2/c1-20-6-8-22(9-7-20)26-17-28(23-10-13-25(40-3)14-11-23)36-33(27(26)18-35)44-21(2)32(39)38-34-37-29(19-43-34)24-12-15-30(41-4)31(16-24)42-5/h6-17,19,21H,1-5H3,(H,37,38,39). The molecule has 0 radical (unpaired) electrons. The minimum atomic E-state index is -0.569. The SMILES string of the molecule is COc1ccc(-c2cc(-c3ccc(C)cc3)c(C#N)c(SC(C)C(=O)Nc3nc(-c4ccc(OC)c(OC)c4)cs3)n2)cc1. The molecule has 0 aliphatic rings. The normalized spacial score (nSPS) is 11.4. The fourth-order valence-corrected chi connectivity index (χ4v) is 6.12. The number of methoxy groups -OCH3 is 3. The third-order valence-corrected chi connectivity index (χ3v) is 8.76. The van der Waals surface area contributed by atoms with E-state index >= 15 is 0 Å². The van der Waals surface area contributed by atoms with Gasteiger partial charge in [0.2, 0.25) is 5.91 Å². The number of aryl methyl sites for hydroxylation is 1. The maximum atomic E-state index is 13.3. The number of carbonyl (C=O) groups excluding carboxylic acids is 1. The Balaban J connectivity index is 1.42. The molecular weight excluding hydrogens is 593 g/mol. The number of hydrogen-bond acceptors (Lipinski definition) is 9. The summed E-state index contributed by atoms with van der Waals surface area (Å²) in [6.45, 7) is 3.81. The lowest BCUT2D eigenvalue weighted by Gasteiger charge is -2.15. The quantitative estimate of drug-likeness (QED) is 0.157. The van der Waals surface area contributed by atoms with Gasteiger partial charge in [0.05, 0.1) is 43.5 Å². The van der Waals surface area contributed by atoms with Gasteiger partial charge in [-0.15, -0.1) is 11.3 Å². The number of carbonyl (C=O) groups is 1. The van der Waals surface area contributed by atoms with Gasteiger partial charge in [-0.1, -0.05) is 41.6 Å². The summed E-state index contributed by atoms with van der Waals surface area (Å²) in [7, 11) is 4.78. The van der Waals surface area contributed by atoms with Crippen molar-refractivity contribution in [1.82, 2.24) is 9.97 Å². The molecule has 3 aromatic carbocycles. The minimum absolute atomic E-state index is 0.249. The molecule has 5 rings (SSSR count). The third-order valence-electron chi connectivity index (χ3n) is 6.92. The maximum absolute atomic E-state index is 13.3. The first-order chi connectivity index (χ1) is 21.3. The monoisotopic (exact) mass is 622 g/mol. The van der Waals surface area contributed by atoms with Crippen molar-refractivity contribution in [3.05, 3.63) is 89.3 Å². The van der Waals surface area contributed by atoms with Gasteiger partial charge in [0.25, 0.3) is 0 Å². The number of pyridine rings is 1. The van der Waals surface area contributed by atoms with Crippen molar-refractivity contribution < 1.29 is 19.0 Å². The number of nitriles is 1. The molecule has 0 aliphatic heterocycles. The Kier molecular flexibility index (Phi) is 9.48. The number of rotatable bonds is 10. The topological polar surface area (TPSA) is 106 Å². The van der Waals surface area contributed by atoms with Gasteiger partial charge in [-0.05, 0) is 67.9 Å². The fourth-order valence-electron chi connectivity index (χ4n) is 4.47. The first kappa shape index (κ1) is 30.6. The van der Waals surface area contributed by atoms with Crippen LogP contribution in [0.25, 0.3) is 33.6 Å². The lowest BCUT2D eigenvalue weighted by atomic mass is 9.98. The highest BCUT2D eigenvalue weighted by Gasteiger charge is 2.22. The molecule has 8 nitrogen and oxygen atoms in total. The van der Waals surface area contributed by atoms with E-state index in [1.54, 1.807) is 28.3 Å². The molecule has 5 aromatic rings. The summed E-state index contributed by atoms with van der Waals surface area (Å²) < 4.78 is 16.0. The number of anilines is 1. The van der Waals surface area contributed by atoms with E-state index in [2.05, 4.69) is 16.4 Å². The molecule has 0 fully saturated rings. The van der Waals surface area contributed by atoms with Crippen LogP contribution in [0.2, 0.25) is 0 Å². The Morgan fingerprint density at radius 2 is 1.55 bits per heavy atom. The number of thiazole rings is 1. The summed E-state index contributed by atoms with van der Waals surface area (Å²) in [6.07, 6.45) is 0. The van der Waals surface area contributed by atoms with Crippen LogP contribution < -0.4 is 19.5 Å². The van der Waals surface area contributed by atoms with E-state index in [4.69, 9.17) is 19.2 Å². The Morgan fingerprint density at radius 1 is 0.864 bits per heavy atom. The molecule has 2 aromatic heterocycles. The molecule has 10 heteroatoms. The van der Waals surface area contributed by atoms with Crippen molar-refractivity contribution >= 4 is 34.1 Å². The fraction of sp³-hybridized carbons (Fsp3) is 0.176. The van der Waals surface area contributed by atoms with Crippen LogP contribution in [0.3, 0.4) is 0 Å². The van der Waals surface area contributed by atoms with Crippen LogP contribution in [0, 0.1) is 18.3 Å². The highest BCUT2D eigenvalue weighted by molar-refractivity contribution is 8.00. The van der Waals surface area contributed by atoms with Gasteiger partial charge in [0.1, 0.15) is 16.8 Å². The zero-order valence-corrected chi connectivity index (χ0v) is 26.5. The average Bonchev–Trinajstić information content (AvgIpc) is 3.52. The van der Waals surface area contributed by atoms with Crippen LogP contribution in [-0.2, 0) is 4.79 Å². The summed E-state index contributed by atoms with van der Waals surface area (Å²) in [5, 5.41) is 15.4. The average molecular weight is 623 g/mol. The van der Waals surface area contributed by atoms with Gasteiger partial charge < -0.3 is 19.5 Å². The van der Waals surface area contributed by atoms with E-state index < -0.39 is 5.25 Å². The largest absolute Gasteiger partial charge is 0.497 e. The molecule has 1 unspecified atom stereocenters. The predicted molar refractivity (Wildman–Crippen MR) is 176 cm³/mol. The number of hydrogen-bond donors (Lipinski definition) is 1. The molecule has 44 heavy (non-hydrogen) atoms. The second-order valence-corrected chi connectivity index (χ2v) is 12.0. The molecular formula is C34H30N4O4S2. The van der Waals surface area contributed by atoms with E-state index in [1.807, 2.05) is 85.1 Å². The second-order valence-electron chi connectivity index (χ2n) is 9.80. The minimum Gasteiger partial charge on any atom is -0.497 e. The first-order valence-electron chi connectivity index (χ1n) is 13.7. The molecule has 222 valence electrons. The van der Waals surface area contributed by atoms with Crippen LogP contribution in [0.5, 0.6) is 17.2 Å². The number of benzene rings is 3. The first-order valence-corrected chi connectivity index (χ1v) is 15.4. The Bertz CT molecular complexity index is 1830. The van der Waals surface area contributed by atoms with E-state index in [0.29, 0.717) is 38.6 Å². The lowest BCUT2D eigenvalue weighted by molar-refractivity contribution is -0.115. The summed E-state index contributed by atoms with van der Waals surface area (Å²) in [5.41, 5.74) is 6.29. The van der Waals surface area contributed by atoms with E-state index in [1.165, 1.54) is 23.1 Å². The van der Waals surface area contributed by atoms with Gasteiger partial charge >= 0.3 is 0 Å². The summed E-state index contributed by atoms with van der Waals surface area (Å²) >= 11 is 2.57. The third kappa shape index (κ3) is 6.70. The number of amides is 1. The molecule has 1 atom stereocenters. The zero-order chi connectivity index (χ0) is 31.2. The number of nitrogens with zero attached hydrogens (tertiary/aromatic N) is 3. The number of thioether (sulfide) groups is 1. The van der Waals surface area contributed by atoms with Crippen molar-refractivity contribution in [2.75, 3.05) is 26.6 Å². The highest BCUT2D eigenvalue weighted by atomic mass is 32.2. The Hall–Kier alpha value is -4.85. The van der Waals surface area contributed by atoms with E-state index in [-0.39, 0.29) is 5.91 Å². The van der Waals surface area contributed by atoms with Crippen LogP contribution in [-0.4, -0.2) is 42.5 Å². The number of nitrogens with one attached hydrogen (secondary N) is 1. The smallest absolute Gasteiger partial charge is 0.239 e. The second kappa shape index (κ2) is 13.6. The van der Waals surface area contributed by atoms with Crippen molar-refractivity contribution in [1.29, 1.82) is 5.26 Å². The van der Waals surface area contributed by atoms with Crippen LogP contribution in [0.4, 0.5) is 5.13 Å². The molecule has 1 N–H and O–H groups in total. The van der Waals surface area contributed by atoms with Gasteiger partial charge in [-0.2, -0.15) is 5.26 Å². The molecule has 0 saturated carbocycles. The van der Waals surface area contributed by atoms with Crippen LogP contribution in [0.15, 0.2) is 83.2 Å². The van der Waals surface area contributed by atoms with Crippen molar-refractivity contribution in [3.63, 3.8) is 0 Å². The van der Waals surface area contributed by atoms with Gasteiger partial charge in [-0.25, -0.2) is 9.97 Å².